The quantitative estimate of drug-likeness (QED) is 0.799. The van der Waals surface area contributed by atoms with Gasteiger partial charge in [-0.3, -0.25) is 0 Å². The van der Waals surface area contributed by atoms with Crippen molar-refractivity contribution in [1.82, 2.24) is 15.2 Å². The van der Waals surface area contributed by atoms with E-state index in [0.717, 1.165) is 30.8 Å². The summed E-state index contributed by atoms with van der Waals surface area (Å²) in [6.07, 6.45) is 2.68. The Morgan fingerprint density at radius 1 is 1.25 bits per heavy atom. The summed E-state index contributed by atoms with van der Waals surface area (Å²) in [7, 11) is 6.37. The van der Waals surface area contributed by atoms with Gasteiger partial charge in [0.2, 0.25) is 0 Å². The molecule has 0 spiro atoms. The average molecular weight is 296 g/mol. The number of nitrogens with zero attached hydrogens (tertiary/aromatic N) is 3. The summed E-state index contributed by atoms with van der Waals surface area (Å²) in [5, 5.41) is 4.77. The van der Waals surface area contributed by atoms with Crippen LogP contribution in [0.2, 0.25) is 0 Å². The average Bonchev–Trinajstić information content (AvgIpc) is 3.11. The van der Waals surface area contributed by atoms with E-state index < -0.39 is 0 Å². The molecule has 0 unspecified atom stereocenters. The first kappa shape index (κ1) is 15.7. The third-order valence-electron chi connectivity index (χ3n) is 3.60. The molecule has 20 heavy (non-hydrogen) atoms. The molecule has 1 N–H and O–H groups in total. The van der Waals surface area contributed by atoms with Crippen LogP contribution in [0.15, 0.2) is 0 Å². The summed E-state index contributed by atoms with van der Waals surface area (Å²) < 4.78 is 0. The highest BCUT2D eigenvalue weighted by atomic mass is 32.1. The van der Waals surface area contributed by atoms with E-state index in [1.165, 1.54) is 23.4 Å². The van der Waals surface area contributed by atoms with Gasteiger partial charge in [-0.2, -0.15) is 0 Å². The minimum Gasteiger partial charge on any atom is -0.350 e. The molecule has 0 saturated heterocycles. The molecule has 1 fully saturated rings. The highest BCUT2D eigenvalue weighted by Gasteiger charge is 2.22. The Bertz CT molecular complexity index is 424. The molecular formula is C15H28N4S. The SMILES string of the molecule is CC(C)c1nc(N(C)CCN(C)C)sc1CNC1CC1. The zero-order chi connectivity index (χ0) is 14.7. The van der Waals surface area contributed by atoms with Crippen molar-refractivity contribution in [2.24, 2.45) is 0 Å². The molecule has 1 aliphatic carbocycles. The van der Waals surface area contributed by atoms with E-state index in [9.17, 15) is 0 Å². The van der Waals surface area contributed by atoms with Crippen LogP contribution in [0.25, 0.3) is 0 Å². The fourth-order valence-electron chi connectivity index (χ4n) is 2.06. The normalized spacial score (nSPS) is 15.3. The Hall–Kier alpha value is -0.650. The second kappa shape index (κ2) is 6.87. The largest absolute Gasteiger partial charge is 0.350 e. The van der Waals surface area contributed by atoms with E-state index in [1.54, 1.807) is 0 Å². The van der Waals surface area contributed by atoms with Crippen LogP contribution in [0.4, 0.5) is 5.13 Å². The van der Waals surface area contributed by atoms with Crippen LogP contribution in [0.5, 0.6) is 0 Å². The first-order chi connectivity index (χ1) is 9.47. The van der Waals surface area contributed by atoms with Gasteiger partial charge in [0, 0.05) is 37.6 Å². The Morgan fingerprint density at radius 3 is 2.50 bits per heavy atom. The van der Waals surface area contributed by atoms with Crippen LogP contribution in [0.1, 0.15) is 43.2 Å². The topological polar surface area (TPSA) is 31.4 Å². The molecule has 0 aliphatic heterocycles. The minimum absolute atomic E-state index is 0.498. The van der Waals surface area contributed by atoms with E-state index in [2.05, 4.69) is 50.1 Å². The molecule has 5 heteroatoms. The van der Waals surface area contributed by atoms with Crippen molar-refractivity contribution in [1.29, 1.82) is 0 Å². The lowest BCUT2D eigenvalue weighted by Gasteiger charge is -2.18. The lowest BCUT2D eigenvalue weighted by atomic mass is 10.1. The summed E-state index contributed by atoms with van der Waals surface area (Å²) in [6, 6.07) is 0.757. The van der Waals surface area contributed by atoms with Crippen LogP contribution in [-0.2, 0) is 6.54 Å². The molecule has 0 bridgehead atoms. The summed E-state index contributed by atoms with van der Waals surface area (Å²) >= 11 is 1.85. The van der Waals surface area contributed by atoms with Gasteiger partial charge in [0.15, 0.2) is 5.13 Å². The van der Waals surface area contributed by atoms with Gasteiger partial charge >= 0.3 is 0 Å². The highest BCUT2D eigenvalue weighted by molar-refractivity contribution is 7.15. The molecule has 0 aromatic carbocycles. The second-order valence-electron chi connectivity index (χ2n) is 6.34. The molecular weight excluding hydrogens is 268 g/mol. The minimum atomic E-state index is 0.498. The molecule has 0 amide bonds. The number of rotatable bonds is 8. The van der Waals surface area contributed by atoms with Gasteiger partial charge in [0.25, 0.3) is 0 Å². The van der Waals surface area contributed by atoms with Gasteiger partial charge in [0.1, 0.15) is 0 Å². The molecule has 1 aromatic heterocycles. The second-order valence-corrected chi connectivity index (χ2v) is 7.40. The Balaban J connectivity index is 2.02. The number of aromatic nitrogens is 1. The monoisotopic (exact) mass is 296 g/mol. The maximum absolute atomic E-state index is 4.87. The number of anilines is 1. The fourth-order valence-corrected chi connectivity index (χ4v) is 3.21. The van der Waals surface area contributed by atoms with Crippen LogP contribution >= 0.6 is 11.3 Å². The molecule has 0 atom stereocenters. The van der Waals surface area contributed by atoms with Gasteiger partial charge in [0.05, 0.1) is 5.69 Å². The van der Waals surface area contributed by atoms with Crippen molar-refractivity contribution in [3.8, 4) is 0 Å². The Kier molecular flexibility index (Phi) is 5.41. The van der Waals surface area contributed by atoms with Crippen molar-refractivity contribution < 1.29 is 0 Å². The Morgan fingerprint density at radius 2 is 1.95 bits per heavy atom. The molecule has 1 aliphatic rings. The van der Waals surface area contributed by atoms with Crippen LogP contribution in [0.3, 0.4) is 0 Å². The third kappa shape index (κ3) is 4.43. The molecule has 4 nitrogen and oxygen atoms in total. The van der Waals surface area contributed by atoms with Crippen molar-refractivity contribution in [3.05, 3.63) is 10.6 Å². The van der Waals surface area contributed by atoms with Crippen LogP contribution in [0, 0.1) is 0 Å². The number of hydrogen-bond donors (Lipinski definition) is 1. The van der Waals surface area contributed by atoms with Gasteiger partial charge in [-0.1, -0.05) is 13.8 Å². The maximum Gasteiger partial charge on any atom is 0.185 e. The van der Waals surface area contributed by atoms with E-state index in [0.29, 0.717) is 5.92 Å². The van der Waals surface area contributed by atoms with Gasteiger partial charge in [-0.05, 0) is 32.9 Å². The number of hydrogen-bond acceptors (Lipinski definition) is 5. The van der Waals surface area contributed by atoms with Crippen molar-refractivity contribution in [2.45, 2.75) is 45.2 Å². The lowest BCUT2D eigenvalue weighted by molar-refractivity contribution is 0.416. The predicted molar refractivity (Wildman–Crippen MR) is 87.9 cm³/mol. The zero-order valence-corrected chi connectivity index (χ0v) is 14.3. The molecule has 1 saturated carbocycles. The van der Waals surface area contributed by atoms with E-state index >= 15 is 0 Å². The third-order valence-corrected chi connectivity index (χ3v) is 4.79. The summed E-state index contributed by atoms with van der Waals surface area (Å²) in [5.74, 6) is 0.498. The summed E-state index contributed by atoms with van der Waals surface area (Å²) in [6.45, 7) is 7.53. The molecule has 114 valence electrons. The lowest BCUT2D eigenvalue weighted by Crippen LogP contribution is -2.28. The zero-order valence-electron chi connectivity index (χ0n) is 13.4. The summed E-state index contributed by atoms with van der Waals surface area (Å²) in [5.41, 5.74) is 1.27. The van der Waals surface area contributed by atoms with E-state index in [-0.39, 0.29) is 0 Å². The van der Waals surface area contributed by atoms with Crippen LogP contribution in [-0.4, -0.2) is 50.2 Å². The van der Waals surface area contributed by atoms with E-state index in [4.69, 9.17) is 4.98 Å². The fraction of sp³-hybridized carbons (Fsp3) is 0.800. The van der Waals surface area contributed by atoms with Crippen LogP contribution < -0.4 is 10.2 Å². The first-order valence-electron chi connectivity index (χ1n) is 7.56. The van der Waals surface area contributed by atoms with Crippen molar-refractivity contribution in [3.63, 3.8) is 0 Å². The number of nitrogens with one attached hydrogen (secondary N) is 1. The van der Waals surface area contributed by atoms with Gasteiger partial charge in [-0.15, -0.1) is 11.3 Å². The predicted octanol–water partition coefficient (Wildman–Crippen LogP) is 2.52. The summed E-state index contributed by atoms with van der Waals surface area (Å²) in [4.78, 5) is 10.8. The molecule has 0 radical (unpaired) electrons. The highest BCUT2D eigenvalue weighted by Crippen LogP contribution is 2.31. The molecule has 1 aromatic rings. The first-order valence-corrected chi connectivity index (χ1v) is 8.38. The standard InChI is InChI=1S/C15H28N4S/c1-11(2)14-13(10-16-12-6-7-12)20-15(17-14)19(5)9-8-18(3)4/h11-12,16H,6-10H2,1-5H3. The van der Waals surface area contributed by atoms with Gasteiger partial charge < -0.3 is 15.1 Å². The molecule has 2 rings (SSSR count). The smallest absolute Gasteiger partial charge is 0.185 e. The van der Waals surface area contributed by atoms with E-state index in [1.807, 2.05) is 11.3 Å². The number of thiazole rings is 1. The Labute approximate surface area is 127 Å². The number of likely N-dealkylation sites (N-methyl/N-ethyl adjacent to an activating group) is 2. The maximum atomic E-state index is 4.87. The van der Waals surface area contributed by atoms with Crippen molar-refractivity contribution in [2.75, 3.05) is 39.1 Å². The van der Waals surface area contributed by atoms with Crippen molar-refractivity contribution >= 4 is 16.5 Å². The van der Waals surface area contributed by atoms with Gasteiger partial charge in [-0.25, -0.2) is 4.98 Å². The molecule has 1 heterocycles.